The van der Waals surface area contributed by atoms with Crippen LogP contribution in [0.25, 0.3) is 11.2 Å². The van der Waals surface area contributed by atoms with Crippen molar-refractivity contribution in [1.29, 1.82) is 0 Å². The van der Waals surface area contributed by atoms with Gasteiger partial charge in [-0.25, -0.2) is 15.0 Å². The zero-order valence-electron chi connectivity index (χ0n) is 12.5. The topological polar surface area (TPSA) is 171 Å². The van der Waals surface area contributed by atoms with Gasteiger partial charge in [0.05, 0.1) is 12.4 Å². The molecule has 8 N–H and O–H groups in total. The highest BCUT2D eigenvalue weighted by Gasteiger charge is 2.44. The molecule has 1 aliphatic rings. The second kappa shape index (κ2) is 6.34. The number of nitrogens with zero attached hydrogens (tertiary/aromatic N) is 4. The summed E-state index contributed by atoms with van der Waals surface area (Å²) in [7, 11) is 0. The molecule has 10 heteroatoms. The number of nitrogens with two attached hydrogens (primary N) is 3. The minimum atomic E-state index is -1.13. The number of imidazole rings is 1. The summed E-state index contributed by atoms with van der Waals surface area (Å²) in [6.07, 6.45) is 0.188. The monoisotopic (exact) mass is 323 g/mol. The summed E-state index contributed by atoms with van der Waals surface area (Å²) in [4.78, 5) is 12.1. The summed E-state index contributed by atoms with van der Waals surface area (Å²) in [5, 5.41) is 20.5. The summed E-state index contributed by atoms with van der Waals surface area (Å²) < 4.78 is 7.33. The third-order valence-electron chi connectivity index (χ3n) is 4.07. The van der Waals surface area contributed by atoms with Crippen molar-refractivity contribution in [3.05, 3.63) is 12.7 Å². The Balaban J connectivity index is 1.84. The second-order valence-electron chi connectivity index (χ2n) is 5.70. The number of nitrogen functional groups attached to an aromatic ring is 1. The van der Waals surface area contributed by atoms with Gasteiger partial charge in [-0.2, -0.15) is 0 Å². The van der Waals surface area contributed by atoms with Gasteiger partial charge in [0.15, 0.2) is 17.7 Å². The van der Waals surface area contributed by atoms with Gasteiger partial charge in [-0.3, -0.25) is 4.57 Å². The Morgan fingerprint density at radius 1 is 1.26 bits per heavy atom. The third-order valence-corrected chi connectivity index (χ3v) is 4.07. The van der Waals surface area contributed by atoms with E-state index in [4.69, 9.17) is 21.9 Å². The average Bonchev–Trinajstić information content (AvgIpc) is 3.05. The summed E-state index contributed by atoms with van der Waals surface area (Å²) in [6, 6.07) is -0.205. The molecular weight excluding hydrogens is 302 g/mol. The molecule has 1 aliphatic heterocycles. The zero-order chi connectivity index (χ0) is 16.6. The molecule has 10 nitrogen and oxygen atoms in total. The van der Waals surface area contributed by atoms with E-state index in [-0.39, 0.29) is 11.9 Å². The summed E-state index contributed by atoms with van der Waals surface area (Å²) in [6.45, 7) is 0.457. The molecule has 3 rings (SSSR count). The minimum absolute atomic E-state index is 0.205. The number of hydrogen-bond acceptors (Lipinski definition) is 9. The van der Waals surface area contributed by atoms with Crippen LogP contribution < -0.4 is 17.2 Å². The normalized spacial score (nSPS) is 29.2. The Hall–Kier alpha value is -1.85. The SMILES string of the molecule is NCC[C@@H](N)C[C@H]1O[C@@H](n2cnc3c(N)ncnc32)[C@H](O)[C@@H]1O. The molecule has 1 saturated heterocycles. The highest BCUT2D eigenvalue weighted by atomic mass is 16.6. The lowest BCUT2D eigenvalue weighted by Crippen LogP contribution is -2.36. The number of ether oxygens (including phenoxy) is 1. The predicted octanol–water partition coefficient (Wildman–Crippen LogP) is -1.91. The fourth-order valence-electron chi connectivity index (χ4n) is 2.84. The van der Waals surface area contributed by atoms with Gasteiger partial charge in [-0.15, -0.1) is 0 Å². The van der Waals surface area contributed by atoms with Crippen LogP contribution in [0.3, 0.4) is 0 Å². The minimum Gasteiger partial charge on any atom is -0.388 e. The molecule has 0 saturated carbocycles. The van der Waals surface area contributed by atoms with E-state index in [2.05, 4.69) is 15.0 Å². The molecule has 0 aliphatic carbocycles. The molecule has 0 radical (unpaired) electrons. The zero-order valence-corrected chi connectivity index (χ0v) is 12.5. The summed E-state index contributed by atoms with van der Waals surface area (Å²) in [5.74, 6) is 0.239. The molecule has 23 heavy (non-hydrogen) atoms. The van der Waals surface area contributed by atoms with E-state index in [1.165, 1.54) is 17.2 Å². The number of aromatic nitrogens is 4. The first-order valence-electron chi connectivity index (χ1n) is 7.43. The van der Waals surface area contributed by atoms with Crippen LogP contribution in [0.4, 0.5) is 5.82 Å². The first-order chi connectivity index (χ1) is 11.0. The van der Waals surface area contributed by atoms with Crippen LogP contribution in [0.2, 0.25) is 0 Å². The first-order valence-corrected chi connectivity index (χ1v) is 7.43. The van der Waals surface area contributed by atoms with Gasteiger partial charge in [0, 0.05) is 6.04 Å². The van der Waals surface area contributed by atoms with Crippen LogP contribution in [-0.4, -0.2) is 60.6 Å². The molecule has 3 heterocycles. The molecule has 2 aromatic rings. The van der Waals surface area contributed by atoms with Crippen LogP contribution in [-0.2, 0) is 4.74 Å². The smallest absolute Gasteiger partial charge is 0.167 e. The average molecular weight is 323 g/mol. The Morgan fingerprint density at radius 2 is 2.04 bits per heavy atom. The van der Waals surface area contributed by atoms with Gasteiger partial charge >= 0.3 is 0 Å². The largest absolute Gasteiger partial charge is 0.388 e. The van der Waals surface area contributed by atoms with Gasteiger partial charge in [0.2, 0.25) is 0 Å². The molecular formula is C13H21N7O3. The van der Waals surface area contributed by atoms with Crippen molar-refractivity contribution in [3.63, 3.8) is 0 Å². The van der Waals surface area contributed by atoms with Gasteiger partial charge in [-0.05, 0) is 19.4 Å². The fourth-order valence-corrected chi connectivity index (χ4v) is 2.84. The maximum absolute atomic E-state index is 10.3. The standard InChI is InChI=1S/C13H21N7O3/c14-2-1-6(15)3-7-9(21)10(22)13(23-7)20-5-19-8-11(16)17-4-18-12(8)20/h4-7,9-10,13,21-22H,1-3,14-15H2,(H2,16,17,18)/t6-,7-,9-,10-,13-/m1/s1. The Morgan fingerprint density at radius 3 is 2.78 bits per heavy atom. The number of fused-ring (bicyclic) bond motifs is 1. The first kappa shape index (κ1) is 16.0. The maximum atomic E-state index is 10.3. The molecule has 2 aromatic heterocycles. The van der Waals surface area contributed by atoms with Gasteiger partial charge in [0.25, 0.3) is 0 Å². The molecule has 126 valence electrons. The highest BCUT2D eigenvalue weighted by molar-refractivity contribution is 5.81. The molecule has 0 aromatic carbocycles. The molecule has 1 fully saturated rings. The number of aliphatic hydroxyl groups excluding tert-OH is 2. The van der Waals surface area contributed by atoms with Gasteiger partial charge < -0.3 is 32.2 Å². The molecule has 5 atom stereocenters. The van der Waals surface area contributed by atoms with Crippen LogP contribution in [0, 0.1) is 0 Å². The number of hydrogen-bond donors (Lipinski definition) is 5. The Bertz CT molecular complexity index is 679. The maximum Gasteiger partial charge on any atom is 0.167 e. The van der Waals surface area contributed by atoms with E-state index in [1.54, 1.807) is 0 Å². The van der Waals surface area contributed by atoms with Crippen molar-refractivity contribution in [2.75, 3.05) is 12.3 Å². The van der Waals surface area contributed by atoms with Crippen molar-refractivity contribution >= 4 is 17.0 Å². The van der Waals surface area contributed by atoms with Gasteiger partial charge in [0.1, 0.15) is 24.1 Å². The van der Waals surface area contributed by atoms with E-state index < -0.39 is 24.5 Å². The Kier molecular flexibility index (Phi) is 4.41. The lowest BCUT2D eigenvalue weighted by Gasteiger charge is -2.18. The van der Waals surface area contributed by atoms with Crippen molar-refractivity contribution < 1.29 is 14.9 Å². The van der Waals surface area contributed by atoms with Crippen LogP contribution in [0.1, 0.15) is 19.1 Å². The molecule has 0 spiro atoms. The van der Waals surface area contributed by atoms with E-state index in [0.29, 0.717) is 30.6 Å². The molecule has 0 amide bonds. The Labute approximate surface area is 132 Å². The number of rotatable bonds is 5. The van der Waals surface area contributed by atoms with Crippen LogP contribution >= 0.6 is 0 Å². The molecule has 0 bridgehead atoms. The van der Waals surface area contributed by atoms with Crippen molar-refractivity contribution in [3.8, 4) is 0 Å². The summed E-state index contributed by atoms with van der Waals surface area (Å²) in [5.41, 5.74) is 18.0. The van der Waals surface area contributed by atoms with Crippen molar-refractivity contribution in [2.45, 2.75) is 43.4 Å². The quantitative estimate of drug-likeness (QED) is 0.421. The van der Waals surface area contributed by atoms with E-state index in [0.717, 1.165) is 0 Å². The highest BCUT2D eigenvalue weighted by Crippen LogP contribution is 2.33. The predicted molar refractivity (Wildman–Crippen MR) is 81.9 cm³/mol. The van der Waals surface area contributed by atoms with Crippen LogP contribution in [0.15, 0.2) is 12.7 Å². The number of aliphatic hydroxyl groups is 2. The lowest BCUT2D eigenvalue weighted by molar-refractivity contribution is -0.0386. The van der Waals surface area contributed by atoms with Crippen molar-refractivity contribution in [2.24, 2.45) is 11.5 Å². The molecule has 0 unspecified atom stereocenters. The van der Waals surface area contributed by atoms with E-state index >= 15 is 0 Å². The fraction of sp³-hybridized carbons (Fsp3) is 0.615. The van der Waals surface area contributed by atoms with E-state index in [9.17, 15) is 10.2 Å². The summed E-state index contributed by atoms with van der Waals surface area (Å²) >= 11 is 0. The van der Waals surface area contributed by atoms with Crippen LogP contribution in [0.5, 0.6) is 0 Å². The lowest BCUT2D eigenvalue weighted by atomic mass is 10.0. The third kappa shape index (κ3) is 2.86. The number of anilines is 1. The van der Waals surface area contributed by atoms with E-state index in [1.807, 2.05) is 0 Å². The second-order valence-corrected chi connectivity index (χ2v) is 5.70. The van der Waals surface area contributed by atoms with Gasteiger partial charge in [-0.1, -0.05) is 0 Å². The van der Waals surface area contributed by atoms with Crippen molar-refractivity contribution in [1.82, 2.24) is 19.5 Å².